The van der Waals surface area contributed by atoms with Crippen LogP contribution in [0.15, 0.2) is 64.4 Å². The molecule has 0 saturated heterocycles. The zero-order valence-corrected chi connectivity index (χ0v) is 19.5. The van der Waals surface area contributed by atoms with Crippen molar-refractivity contribution >= 4 is 34.5 Å². The molecule has 2 heterocycles. The van der Waals surface area contributed by atoms with Crippen LogP contribution in [0.3, 0.4) is 0 Å². The van der Waals surface area contributed by atoms with Crippen LogP contribution in [0.25, 0.3) is 0 Å². The highest BCUT2D eigenvalue weighted by atomic mass is 32.1. The first-order valence-electron chi connectivity index (χ1n) is 10.7. The van der Waals surface area contributed by atoms with E-state index >= 15 is 0 Å². The summed E-state index contributed by atoms with van der Waals surface area (Å²) in [6.07, 6.45) is 0.904. The lowest BCUT2D eigenvalue weighted by Crippen LogP contribution is -2.43. The molecule has 0 spiro atoms. The fourth-order valence-electron chi connectivity index (χ4n) is 4.58. The van der Waals surface area contributed by atoms with Gasteiger partial charge in [-0.15, -0.1) is 11.3 Å². The maximum atomic E-state index is 13.5. The van der Waals surface area contributed by atoms with Gasteiger partial charge in [-0.3, -0.25) is 19.8 Å². The Bertz CT molecular complexity index is 1180. The third kappa shape index (κ3) is 4.04. The first-order valence-corrected chi connectivity index (χ1v) is 11.5. The molecule has 0 saturated carbocycles. The van der Waals surface area contributed by atoms with E-state index in [4.69, 9.17) is 10.5 Å². The predicted octanol–water partition coefficient (Wildman–Crippen LogP) is 4.64. The Morgan fingerprint density at radius 1 is 1.27 bits per heavy atom. The minimum atomic E-state index is -0.614. The third-order valence-corrected chi connectivity index (χ3v) is 6.84. The molecule has 0 amide bonds. The number of nitrogens with two attached hydrogens (primary N) is 1. The molecule has 1 aromatic carbocycles. The van der Waals surface area contributed by atoms with Crippen molar-refractivity contribution in [2.24, 2.45) is 11.1 Å². The average molecular weight is 468 g/mol. The van der Waals surface area contributed by atoms with Crippen molar-refractivity contribution in [3.05, 3.63) is 79.4 Å². The number of anilines is 1. The number of hydrogen-bond donors (Lipinski definition) is 1. The summed E-state index contributed by atoms with van der Waals surface area (Å²) in [6, 6.07) is 9.69. The molecule has 1 aliphatic heterocycles. The van der Waals surface area contributed by atoms with Crippen LogP contribution in [-0.4, -0.2) is 23.3 Å². The van der Waals surface area contributed by atoms with Gasteiger partial charge in [0.25, 0.3) is 5.69 Å². The second-order valence-electron chi connectivity index (χ2n) is 8.88. The van der Waals surface area contributed by atoms with Gasteiger partial charge in [0.15, 0.2) is 5.78 Å². The van der Waals surface area contributed by atoms with E-state index in [1.54, 1.807) is 24.0 Å². The van der Waals surface area contributed by atoms with Crippen molar-refractivity contribution in [3.8, 4) is 0 Å². The van der Waals surface area contributed by atoms with E-state index in [9.17, 15) is 19.7 Å². The predicted molar refractivity (Wildman–Crippen MR) is 126 cm³/mol. The lowest BCUT2D eigenvalue weighted by atomic mass is 9.69. The van der Waals surface area contributed by atoms with Crippen molar-refractivity contribution in [3.63, 3.8) is 0 Å². The molecule has 0 fully saturated rings. The highest BCUT2D eigenvalue weighted by molar-refractivity contribution is 7.10. The maximum Gasteiger partial charge on any atom is 0.338 e. The number of hydrogen-bond acceptors (Lipinski definition) is 8. The molecular formula is C24H25N3O5S. The molecule has 1 aromatic heterocycles. The van der Waals surface area contributed by atoms with E-state index in [2.05, 4.69) is 0 Å². The van der Waals surface area contributed by atoms with Crippen LogP contribution in [-0.2, 0) is 14.3 Å². The van der Waals surface area contributed by atoms with Gasteiger partial charge < -0.3 is 10.5 Å². The number of allylic oxidation sites excluding steroid dienone is 2. The Hall–Kier alpha value is -3.46. The van der Waals surface area contributed by atoms with Crippen molar-refractivity contribution in [1.29, 1.82) is 0 Å². The molecule has 1 unspecified atom stereocenters. The van der Waals surface area contributed by atoms with Gasteiger partial charge in [0.05, 0.1) is 23.0 Å². The number of ketones is 1. The number of benzene rings is 1. The number of nitrogens with zero attached hydrogens (tertiary/aromatic N) is 2. The summed E-state index contributed by atoms with van der Waals surface area (Å²) in [6.45, 7) is 5.91. The van der Waals surface area contributed by atoms with Gasteiger partial charge in [-0.05, 0) is 42.3 Å². The quantitative estimate of drug-likeness (QED) is 0.387. The monoisotopic (exact) mass is 467 g/mol. The number of carbonyl (C=O) groups excluding carboxylic acids is 2. The number of rotatable bonds is 5. The van der Waals surface area contributed by atoms with Gasteiger partial charge in [0.1, 0.15) is 5.82 Å². The molecular weight excluding hydrogens is 442 g/mol. The SMILES string of the molecule is CCOC(=O)C1=C(N)N(c2ccc([N+](=O)[O-])cc2)C2=C(C(=O)CC(C)(C)C2)C1c1cccs1. The molecule has 33 heavy (non-hydrogen) atoms. The van der Waals surface area contributed by atoms with Crippen LogP contribution >= 0.6 is 11.3 Å². The minimum Gasteiger partial charge on any atom is -0.463 e. The van der Waals surface area contributed by atoms with Crippen molar-refractivity contribution in [1.82, 2.24) is 0 Å². The normalized spacial score (nSPS) is 20.0. The second-order valence-corrected chi connectivity index (χ2v) is 9.86. The summed E-state index contributed by atoms with van der Waals surface area (Å²) in [5.41, 5.74) is 8.29. The molecule has 8 nitrogen and oxygen atoms in total. The van der Waals surface area contributed by atoms with Crippen molar-refractivity contribution in [2.75, 3.05) is 11.5 Å². The number of nitro benzene ring substituents is 1. The van der Waals surface area contributed by atoms with E-state index in [1.807, 2.05) is 31.4 Å². The Labute approximate surface area is 195 Å². The van der Waals surface area contributed by atoms with Crippen LogP contribution in [0.4, 0.5) is 11.4 Å². The molecule has 4 rings (SSSR count). The molecule has 9 heteroatoms. The number of carbonyl (C=O) groups is 2. The molecule has 0 radical (unpaired) electrons. The minimum absolute atomic E-state index is 0.0409. The Kier molecular flexibility index (Phi) is 5.84. The molecule has 172 valence electrons. The zero-order valence-electron chi connectivity index (χ0n) is 18.7. The molecule has 1 atom stereocenters. The topological polar surface area (TPSA) is 116 Å². The molecule has 2 N–H and O–H groups in total. The summed E-state index contributed by atoms with van der Waals surface area (Å²) in [5.74, 6) is -1.06. The Morgan fingerprint density at radius 2 is 1.97 bits per heavy atom. The van der Waals surface area contributed by atoms with Gasteiger partial charge in [0.2, 0.25) is 0 Å². The fraction of sp³-hybridized carbons (Fsp3) is 0.333. The van der Waals surface area contributed by atoms with E-state index in [-0.39, 0.29) is 34.9 Å². The largest absolute Gasteiger partial charge is 0.463 e. The number of Topliss-reactive ketones (excluding diaryl/α,β-unsaturated/α-hetero) is 1. The highest BCUT2D eigenvalue weighted by Crippen LogP contribution is 2.51. The van der Waals surface area contributed by atoms with Gasteiger partial charge in [-0.25, -0.2) is 4.79 Å². The number of ether oxygens (including phenoxy) is 1. The van der Waals surface area contributed by atoms with Crippen molar-refractivity contribution in [2.45, 2.75) is 39.5 Å². The zero-order chi connectivity index (χ0) is 23.9. The highest BCUT2D eigenvalue weighted by Gasteiger charge is 2.46. The van der Waals surface area contributed by atoms with Crippen molar-refractivity contribution < 1.29 is 19.2 Å². The number of thiophene rings is 1. The number of non-ortho nitro benzene ring substituents is 1. The molecule has 1 aliphatic carbocycles. The number of nitro groups is 1. The maximum absolute atomic E-state index is 13.5. The van der Waals surface area contributed by atoms with Crippen LogP contribution < -0.4 is 10.6 Å². The summed E-state index contributed by atoms with van der Waals surface area (Å²) in [7, 11) is 0. The summed E-state index contributed by atoms with van der Waals surface area (Å²) in [5, 5.41) is 13.0. The fourth-order valence-corrected chi connectivity index (χ4v) is 5.42. The summed E-state index contributed by atoms with van der Waals surface area (Å²) in [4.78, 5) is 39.8. The average Bonchev–Trinajstić information content (AvgIpc) is 3.27. The third-order valence-electron chi connectivity index (χ3n) is 5.90. The van der Waals surface area contributed by atoms with Crippen LogP contribution in [0.5, 0.6) is 0 Å². The summed E-state index contributed by atoms with van der Waals surface area (Å²) < 4.78 is 5.35. The van der Waals surface area contributed by atoms with Crippen LogP contribution in [0, 0.1) is 15.5 Å². The lowest BCUT2D eigenvalue weighted by molar-refractivity contribution is -0.384. The van der Waals surface area contributed by atoms with Crippen LogP contribution in [0.1, 0.15) is 44.4 Å². The number of esters is 1. The first kappa shape index (κ1) is 22.7. The van der Waals surface area contributed by atoms with E-state index in [0.717, 1.165) is 4.88 Å². The Morgan fingerprint density at radius 3 is 2.55 bits per heavy atom. The van der Waals surface area contributed by atoms with Gasteiger partial charge in [-0.1, -0.05) is 19.9 Å². The lowest BCUT2D eigenvalue weighted by Gasteiger charge is -2.44. The smallest absolute Gasteiger partial charge is 0.338 e. The second kappa shape index (κ2) is 8.47. The van der Waals surface area contributed by atoms with Gasteiger partial charge >= 0.3 is 5.97 Å². The Balaban J connectivity index is 1.98. The standard InChI is InChI=1S/C24H25N3O5S/c1-4-32-23(29)21-20(18-6-5-11-33-18)19-16(12-24(2,3)13-17(19)28)26(22(21)25)14-7-9-15(10-8-14)27(30)31/h5-11,20H,4,12-13,25H2,1-3H3. The first-order chi connectivity index (χ1) is 15.6. The van der Waals surface area contributed by atoms with E-state index in [0.29, 0.717) is 29.8 Å². The molecule has 2 aliphatic rings. The van der Waals surface area contributed by atoms with Crippen LogP contribution in [0.2, 0.25) is 0 Å². The van der Waals surface area contributed by atoms with E-state index in [1.165, 1.54) is 23.5 Å². The molecule has 0 bridgehead atoms. The van der Waals surface area contributed by atoms with Gasteiger partial charge in [-0.2, -0.15) is 0 Å². The summed E-state index contributed by atoms with van der Waals surface area (Å²) >= 11 is 1.45. The molecule has 2 aromatic rings. The van der Waals surface area contributed by atoms with Gasteiger partial charge in [0, 0.05) is 40.4 Å². The van der Waals surface area contributed by atoms with E-state index < -0.39 is 16.8 Å².